The number of thiophene rings is 1. The molecule has 1 aromatic heterocycles. The van der Waals surface area contributed by atoms with Gasteiger partial charge in [0.2, 0.25) is 0 Å². The summed E-state index contributed by atoms with van der Waals surface area (Å²) < 4.78 is 1.10. The van der Waals surface area contributed by atoms with Gasteiger partial charge in [0.15, 0.2) is 0 Å². The molecule has 0 aliphatic carbocycles. The molecular formula is C15H20N2OS. The van der Waals surface area contributed by atoms with Crippen LogP contribution < -0.4 is 11.1 Å². The maximum absolute atomic E-state index is 12.0. The van der Waals surface area contributed by atoms with Gasteiger partial charge in [0, 0.05) is 16.9 Å². The van der Waals surface area contributed by atoms with Gasteiger partial charge in [-0.15, -0.1) is 11.3 Å². The van der Waals surface area contributed by atoms with Crippen LogP contribution in [0.3, 0.4) is 0 Å². The standard InChI is InChI=1S/C15H20N2OS/c1-2-3-4-5-8-17-15(18)14-10-11-9-12(16)6-7-13(11)19-14/h6-7,9-10H,2-5,8,16H2,1H3,(H,17,18). The van der Waals surface area contributed by atoms with E-state index in [1.165, 1.54) is 30.6 Å². The number of carbonyl (C=O) groups is 1. The van der Waals surface area contributed by atoms with E-state index >= 15 is 0 Å². The lowest BCUT2D eigenvalue weighted by Crippen LogP contribution is -2.23. The highest BCUT2D eigenvalue weighted by molar-refractivity contribution is 7.20. The summed E-state index contributed by atoms with van der Waals surface area (Å²) in [6.07, 6.45) is 4.68. The highest BCUT2D eigenvalue weighted by atomic mass is 32.1. The number of nitrogens with one attached hydrogen (secondary N) is 1. The van der Waals surface area contributed by atoms with E-state index in [0.717, 1.165) is 33.6 Å². The monoisotopic (exact) mass is 276 g/mol. The SMILES string of the molecule is CCCCCCNC(=O)c1cc2cc(N)ccc2s1. The molecule has 0 bridgehead atoms. The van der Waals surface area contributed by atoms with E-state index in [0.29, 0.717) is 0 Å². The van der Waals surface area contributed by atoms with Gasteiger partial charge in [-0.2, -0.15) is 0 Å². The van der Waals surface area contributed by atoms with Crippen molar-refractivity contribution in [1.82, 2.24) is 5.32 Å². The molecule has 0 radical (unpaired) electrons. The van der Waals surface area contributed by atoms with E-state index < -0.39 is 0 Å². The first-order valence-corrected chi connectivity index (χ1v) is 7.59. The molecule has 1 amide bonds. The van der Waals surface area contributed by atoms with Gasteiger partial charge in [0.1, 0.15) is 0 Å². The van der Waals surface area contributed by atoms with Gasteiger partial charge in [-0.3, -0.25) is 4.79 Å². The van der Waals surface area contributed by atoms with Gasteiger partial charge >= 0.3 is 0 Å². The summed E-state index contributed by atoms with van der Waals surface area (Å²) in [6, 6.07) is 7.65. The zero-order valence-corrected chi connectivity index (χ0v) is 12.1. The van der Waals surface area contributed by atoms with Crippen molar-refractivity contribution >= 4 is 33.0 Å². The van der Waals surface area contributed by atoms with Crippen molar-refractivity contribution < 1.29 is 4.79 Å². The first kappa shape index (κ1) is 13.9. The smallest absolute Gasteiger partial charge is 0.261 e. The van der Waals surface area contributed by atoms with Gasteiger partial charge in [-0.1, -0.05) is 26.2 Å². The van der Waals surface area contributed by atoms with Crippen LogP contribution in [0.1, 0.15) is 42.3 Å². The second-order valence-corrected chi connectivity index (χ2v) is 5.81. The van der Waals surface area contributed by atoms with Crippen LogP contribution in [0, 0.1) is 0 Å². The van der Waals surface area contributed by atoms with E-state index in [2.05, 4.69) is 12.2 Å². The molecule has 0 aliphatic heterocycles. The fourth-order valence-corrected chi connectivity index (χ4v) is 2.97. The third-order valence-corrected chi connectivity index (χ3v) is 4.19. The number of carbonyl (C=O) groups excluding carboxylic acids is 1. The minimum Gasteiger partial charge on any atom is -0.399 e. The lowest BCUT2D eigenvalue weighted by molar-refractivity contribution is 0.0957. The van der Waals surface area contributed by atoms with Crippen molar-refractivity contribution in [3.8, 4) is 0 Å². The average Bonchev–Trinajstić information content (AvgIpc) is 2.81. The molecular weight excluding hydrogens is 256 g/mol. The molecule has 19 heavy (non-hydrogen) atoms. The molecule has 0 spiro atoms. The molecule has 0 saturated carbocycles. The molecule has 102 valence electrons. The second kappa shape index (κ2) is 6.57. The molecule has 2 aromatic rings. The largest absolute Gasteiger partial charge is 0.399 e. The number of fused-ring (bicyclic) bond motifs is 1. The van der Waals surface area contributed by atoms with Crippen LogP contribution in [0.5, 0.6) is 0 Å². The average molecular weight is 276 g/mol. The predicted octanol–water partition coefficient (Wildman–Crippen LogP) is 3.79. The third kappa shape index (κ3) is 3.70. The highest BCUT2D eigenvalue weighted by Crippen LogP contribution is 2.27. The van der Waals surface area contributed by atoms with Crippen LogP contribution in [-0.4, -0.2) is 12.5 Å². The topological polar surface area (TPSA) is 55.1 Å². The summed E-state index contributed by atoms with van der Waals surface area (Å²) in [6.45, 7) is 2.94. The molecule has 0 aliphatic rings. The van der Waals surface area contributed by atoms with Gasteiger partial charge in [0.05, 0.1) is 4.88 Å². The van der Waals surface area contributed by atoms with Crippen LogP contribution in [0.4, 0.5) is 5.69 Å². The molecule has 1 aromatic carbocycles. The van der Waals surface area contributed by atoms with Crippen LogP contribution in [0.15, 0.2) is 24.3 Å². The summed E-state index contributed by atoms with van der Waals surface area (Å²) >= 11 is 1.51. The number of hydrogen-bond donors (Lipinski definition) is 2. The molecule has 3 N–H and O–H groups in total. The van der Waals surface area contributed by atoms with Crippen molar-refractivity contribution in [3.05, 3.63) is 29.1 Å². The minimum atomic E-state index is 0.0243. The Morgan fingerprint density at radius 1 is 1.26 bits per heavy atom. The van der Waals surface area contributed by atoms with Crippen molar-refractivity contribution in [2.75, 3.05) is 12.3 Å². The first-order valence-electron chi connectivity index (χ1n) is 6.78. The summed E-state index contributed by atoms with van der Waals surface area (Å²) in [5, 5.41) is 4.02. The Kier molecular flexibility index (Phi) is 4.80. The van der Waals surface area contributed by atoms with Crippen molar-refractivity contribution in [3.63, 3.8) is 0 Å². The highest BCUT2D eigenvalue weighted by Gasteiger charge is 2.09. The van der Waals surface area contributed by atoms with Crippen LogP contribution >= 0.6 is 11.3 Å². The molecule has 0 unspecified atom stereocenters. The summed E-state index contributed by atoms with van der Waals surface area (Å²) in [5.41, 5.74) is 6.47. The Morgan fingerprint density at radius 3 is 2.89 bits per heavy atom. The lowest BCUT2D eigenvalue weighted by atomic mass is 10.2. The number of benzene rings is 1. The van der Waals surface area contributed by atoms with Crippen molar-refractivity contribution in [1.29, 1.82) is 0 Å². The molecule has 0 atom stereocenters. The van der Waals surface area contributed by atoms with Crippen LogP contribution in [-0.2, 0) is 0 Å². The minimum absolute atomic E-state index is 0.0243. The summed E-state index contributed by atoms with van der Waals surface area (Å²) in [4.78, 5) is 12.8. The molecule has 2 rings (SSSR count). The molecule has 0 fully saturated rings. The summed E-state index contributed by atoms with van der Waals surface area (Å²) in [5.74, 6) is 0.0243. The Morgan fingerprint density at radius 2 is 2.11 bits per heavy atom. The third-order valence-electron chi connectivity index (χ3n) is 3.08. The Balaban J connectivity index is 1.94. The van der Waals surface area contributed by atoms with Crippen LogP contribution in [0.2, 0.25) is 0 Å². The lowest BCUT2D eigenvalue weighted by Gasteiger charge is -2.02. The number of amides is 1. The fourth-order valence-electron chi connectivity index (χ4n) is 2.01. The van der Waals surface area contributed by atoms with E-state index in [-0.39, 0.29) is 5.91 Å². The van der Waals surface area contributed by atoms with Crippen molar-refractivity contribution in [2.45, 2.75) is 32.6 Å². The number of rotatable bonds is 6. The molecule has 1 heterocycles. The zero-order chi connectivity index (χ0) is 13.7. The van der Waals surface area contributed by atoms with Gasteiger partial charge in [-0.05, 0) is 36.1 Å². The van der Waals surface area contributed by atoms with Gasteiger partial charge in [0.25, 0.3) is 5.91 Å². The summed E-state index contributed by atoms with van der Waals surface area (Å²) in [7, 11) is 0. The molecule has 0 saturated heterocycles. The zero-order valence-electron chi connectivity index (χ0n) is 11.2. The number of nitrogen functional groups attached to an aromatic ring is 1. The number of hydrogen-bond acceptors (Lipinski definition) is 3. The molecule has 3 nitrogen and oxygen atoms in total. The normalized spacial score (nSPS) is 10.8. The Bertz CT molecular complexity index is 562. The van der Waals surface area contributed by atoms with E-state index in [1.807, 2.05) is 24.3 Å². The number of nitrogens with two attached hydrogens (primary N) is 1. The Labute approximate surface area is 117 Å². The van der Waals surface area contributed by atoms with E-state index in [1.54, 1.807) is 0 Å². The predicted molar refractivity (Wildman–Crippen MR) is 82.7 cm³/mol. The number of unbranched alkanes of at least 4 members (excludes halogenated alkanes) is 3. The van der Waals surface area contributed by atoms with E-state index in [9.17, 15) is 4.79 Å². The van der Waals surface area contributed by atoms with Crippen molar-refractivity contribution in [2.24, 2.45) is 0 Å². The van der Waals surface area contributed by atoms with Crippen LogP contribution in [0.25, 0.3) is 10.1 Å². The Hall–Kier alpha value is -1.55. The maximum atomic E-state index is 12.0. The molecule has 4 heteroatoms. The quantitative estimate of drug-likeness (QED) is 0.623. The van der Waals surface area contributed by atoms with Gasteiger partial charge < -0.3 is 11.1 Å². The fraction of sp³-hybridized carbons (Fsp3) is 0.400. The second-order valence-electron chi connectivity index (χ2n) is 4.72. The van der Waals surface area contributed by atoms with E-state index in [4.69, 9.17) is 5.73 Å². The maximum Gasteiger partial charge on any atom is 0.261 e. The van der Waals surface area contributed by atoms with Gasteiger partial charge in [-0.25, -0.2) is 0 Å². The number of anilines is 1. The first-order chi connectivity index (χ1) is 9.20.